The van der Waals surface area contributed by atoms with Gasteiger partial charge in [0.15, 0.2) is 0 Å². The highest BCUT2D eigenvalue weighted by atomic mass is 19.3. The standard InChI is InChI=1S/C10H12F2N2O/c11-10(12)3-5-14(6-4-10)8(15)9(7-13)1-2-9/h1-6H2. The van der Waals surface area contributed by atoms with Crippen molar-refractivity contribution >= 4 is 5.91 Å². The number of halogens is 2. The van der Waals surface area contributed by atoms with Gasteiger partial charge in [-0.2, -0.15) is 5.26 Å². The Morgan fingerprint density at radius 1 is 1.20 bits per heavy atom. The molecule has 1 aliphatic carbocycles. The van der Waals surface area contributed by atoms with Crippen molar-refractivity contribution in [3.05, 3.63) is 0 Å². The largest absolute Gasteiger partial charge is 0.341 e. The van der Waals surface area contributed by atoms with Gasteiger partial charge in [0.2, 0.25) is 5.91 Å². The fourth-order valence-corrected chi connectivity index (χ4v) is 1.84. The second-order valence-corrected chi connectivity index (χ2v) is 4.34. The molecule has 0 bridgehead atoms. The van der Waals surface area contributed by atoms with E-state index < -0.39 is 11.3 Å². The average molecular weight is 214 g/mol. The highest BCUT2D eigenvalue weighted by Crippen LogP contribution is 2.47. The second kappa shape index (κ2) is 3.16. The van der Waals surface area contributed by atoms with Crippen molar-refractivity contribution < 1.29 is 13.6 Å². The van der Waals surface area contributed by atoms with Gasteiger partial charge < -0.3 is 4.90 Å². The molecule has 0 spiro atoms. The van der Waals surface area contributed by atoms with Crippen LogP contribution < -0.4 is 0 Å². The van der Waals surface area contributed by atoms with Crippen LogP contribution in [0.4, 0.5) is 8.78 Å². The van der Waals surface area contributed by atoms with Crippen LogP contribution >= 0.6 is 0 Å². The SMILES string of the molecule is N#CC1(C(=O)N2CCC(F)(F)CC2)CC1. The normalized spacial score (nSPS) is 26.9. The van der Waals surface area contributed by atoms with Gasteiger partial charge in [0.25, 0.3) is 5.92 Å². The number of rotatable bonds is 1. The summed E-state index contributed by atoms with van der Waals surface area (Å²) in [6.45, 7) is 0.157. The average Bonchev–Trinajstić information content (AvgIpc) is 2.97. The van der Waals surface area contributed by atoms with Crippen molar-refractivity contribution in [2.45, 2.75) is 31.6 Å². The molecule has 1 amide bonds. The molecule has 0 atom stereocenters. The van der Waals surface area contributed by atoms with E-state index in [0.717, 1.165) is 0 Å². The van der Waals surface area contributed by atoms with Crippen LogP contribution in [0.1, 0.15) is 25.7 Å². The topological polar surface area (TPSA) is 44.1 Å². The summed E-state index contributed by atoms with van der Waals surface area (Å²) in [7, 11) is 0. The molecule has 82 valence electrons. The molecular weight excluding hydrogens is 202 g/mol. The number of nitriles is 1. The lowest BCUT2D eigenvalue weighted by Crippen LogP contribution is -2.45. The summed E-state index contributed by atoms with van der Waals surface area (Å²) < 4.78 is 25.7. The number of carbonyl (C=O) groups excluding carboxylic acids is 1. The van der Waals surface area contributed by atoms with Crippen LogP contribution in [0.5, 0.6) is 0 Å². The highest BCUT2D eigenvalue weighted by molar-refractivity contribution is 5.88. The molecule has 0 aromatic heterocycles. The van der Waals surface area contributed by atoms with E-state index in [9.17, 15) is 13.6 Å². The van der Waals surface area contributed by atoms with Crippen LogP contribution in [-0.2, 0) is 4.79 Å². The van der Waals surface area contributed by atoms with Crippen molar-refractivity contribution in [1.82, 2.24) is 4.90 Å². The predicted molar refractivity (Wildman–Crippen MR) is 48.0 cm³/mol. The minimum Gasteiger partial charge on any atom is -0.341 e. The quantitative estimate of drug-likeness (QED) is 0.664. The Morgan fingerprint density at radius 3 is 2.13 bits per heavy atom. The van der Waals surface area contributed by atoms with Crippen LogP contribution in [0, 0.1) is 16.7 Å². The first-order valence-electron chi connectivity index (χ1n) is 5.08. The van der Waals surface area contributed by atoms with Gasteiger partial charge in [0.1, 0.15) is 5.41 Å². The molecule has 1 heterocycles. The number of hydrogen-bond donors (Lipinski definition) is 0. The molecule has 5 heteroatoms. The molecule has 2 fully saturated rings. The van der Waals surface area contributed by atoms with Crippen LogP contribution in [0.2, 0.25) is 0 Å². The van der Waals surface area contributed by atoms with E-state index >= 15 is 0 Å². The minimum atomic E-state index is -2.64. The molecule has 0 aromatic rings. The van der Waals surface area contributed by atoms with Crippen molar-refractivity contribution in [3.63, 3.8) is 0 Å². The third kappa shape index (κ3) is 1.81. The fraction of sp³-hybridized carbons (Fsp3) is 0.800. The zero-order valence-electron chi connectivity index (χ0n) is 8.30. The zero-order valence-corrected chi connectivity index (χ0v) is 8.30. The Bertz CT molecular complexity index is 321. The van der Waals surface area contributed by atoms with Crippen molar-refractivity contribution in [1.29, 1.82) is 5.26 Å². The number of nitrogens with zero attached hydrogens (tertiary/aromatic N) is 2. The van der Waals surface area contributed by atoms with Crippen LogP contribution in [0.15, 0.2) is 0 Å². The van der Waals surface area contributed by atoms with Gasteiger partial charge in [-0.3, -0.25) is 4.79 Å². The van der Waals surface area contributed by atoms with Crippen molar-refractivity contribution in [2.75, 3.05) is 13.1 Å². The summed E-state index contributed by atoms with van der Waals surface area (Å²) in [5.41, 5.74) is -0.868. The van der Waals surface area contributed by atoms with Gasteiger partial charge in [-0.15, -0.1) is 0 Å². The Labute approximate surface area is 86.7 Å². The maximum absolute atomic E-state index is 12.8. The van der Waals surface area contributed by atoms with Crippen molar-refractivity contribution in [3.8, 4) is 6.07 Å². The Morgan fingerprint density at radius 2 is 1.73 bits per heavy atom. The summed E-state index contributed by atoms with van der Waals surface area (Å²) >= 11 is 0. The Kier molecular flexibility index (Phi) is 2.18. The maximum atomic E-state index is 12.8. The lowest BCUT2D eigenvalue weighted by atomic mass is 10.0. The van der Waals surface area contributed by atoms with Gasteiger partial charge in [0.05, 0.1) is 6.07 Å². The number of likely N-dealkylation sites (tertiary alicyclic amines) is 1. The van der Waals surface area contributed by atoms with Gasteiger partial charge in [-0.25, -0.2) is 8.78 Å². The minimum absolute atomic E-state index is 0.0786. The molecule has 0 aromatic carbocycles. The molecule has 2 aliphatic rings. The van der Waals surface area contributed by atoms with Crippen LogP contribution in [0.25, 0.3) is 0 Å². The molecule has 0 radical (unpaired) electrons. The smallest absolute Gasteiger partial charge is 0.251 e. The lowest BCUT2D eigenvalue weighted by molar-refractivity contribution is -0.141. The number of carbonyl (C=O) groups is 1. The van der Waals surface area contributed by atoms with Gasteiger partial charge in [-0.1, -0.05) is 0 Å². The fourth-order valence-electron chi connectivity index (χ4n) is 1.84. The molecule has 15 heavy (non-hydrogen) atoms. The third-order valence-electron chi connectivity index (χ3n) is 3.16. The number of amides is 1. The van der Waals surface area contributed by atoms with E-state index in [1.165, 1.54) is 4.90 Å². The lowest BCUT2D eigenvalue weighted by Gasteiger charge is -2.32. The predicted octanol–water partition coefficient (Wildman–Crippen LogP) is 1.55. The molecule has 0 unspecified atom stereocenters. The third-order valence-corrected chi connectivity index (χ3v) is 3.16. The molecule has 2 rings (SSSR count). The summed E-state index contributed by atoms with van der Waals surface area (Å²) in [6.07, 6.45) is 0.602. The summed E-state index contributed by atoms with van der Waals surface area (Å²) in [5, 5.41) is 8.81. The number of alkyl halides is 2. The molecule has 0 N–H and O–H groups in total. The van der Waals surface area contributed by atoms with E-state index in [1.54, 1.807) is 0 Å². The zero-order chi connectivity index (χ0) is 11.1. The van der Waals surface area contributed by atoms with E-state index in [-0.39, 0.29) is 31.8 Å². The van der Waals surface area contributed by atoms with Gasteiger partial charge >= 0.3 is 0 Å². The molecule has 3 nitrogen and oxygen atoms in total. The van der Waals surface area contributed by atoms with E-state index in [1.807, 2.05) is 6.07 Å². The maximum Gasteiger partial charge on any atom is 0.251 e. The monoisotopic (exact) mass is 214 g/mol. The Balaban J connectivity index is 1.97. The van der Waals surface area contributed by atoms with Gasteiger partial charge in [-0.05, 0) is 12.8 Å². The molecule has 1 saturated heterocycles. The summed E-state index contributed by atoms with van der Waals surface area (Å²) in [4.78, 5) is 13.2. The van der Waals surface area contributed by atoms with E-state index in [4.69, 9.17) is 5.26 Å². The summed E-state index contributed by atoms with van der Waals surface area (Å²) in [5.74, 6) is -2.89. The number of hydrogen-bond acceptors (Lipinski definition) is 2. The first kappa shape index (κ1) is 10.3. The van der Waals surface area contributed by atoms with Crippen LogP contribution in [-0.4, -0.2) is 29.8 Å². The summed E-state index contributed by atoms with van der Waals surface area (Å²) in [6, 6.07) is 1.99. The molecule has 1 aliphatic heterocycles. The Hall–Kier alpha value is -1.18. The first-order chi connectivity index (χ1) is 6.99. The van der Waals surface area contributed by atoms with Gasteiger partial charge in [0, 0.05) is 25.9 Å². The molecular formula is C10H12F2N2O. The number of piperidine rings is 1. The molecule has 1 saturated carbocycles. The second-order valence-electron chi connectivity index (χ2n) is 4.34. The van der Waals surface area contributed by atoms with E-state index in [0.29, 0.717) is 12.8 Å². The highest BCUT2D eigenvalue weighted by Gasteiger charge is 2.53. The van der Waals surface area contributed by atoms with Crippen LogP contribution in [0.3, 0.4) is 0 Å². The first-order valence-corrected chi connectivity index (χ1v) is 5.08. The van der Waals surface area contributed by atoms with E-state index in [2.05, 4.69) is 0 Å². The van der Waals surface area contributed by atoms with Crippen molar-refractivity contribution in [2.24, 2.45) is 5.41 Å².